The minimum Gasteiger partial charge on any atom is -0.368 e. The van der Waals surface area contributed by atoms with Gasteiger partial charge in [0.15, 0.2) is 0 Å². The molecule has 1 N–H and O–H groups in total. The standard InChI is InChI=1S/C17H22N2/c1-2-19(15-10-12-18-13-11-15)17-9-5-7-14-6-3-4-8-16(14)17/h3-9,15,18H,2,10-13H2,1H3. The fourth-order valence-corrected chi connectivity index (χ4v) is 3.20. The highest BCUT2D eigenvalue weighted by molar-refractivity contribution is 5.94. The van der Waals surface area contributed by atoms with Crippen molar-refractivity contribution in [1.82, 2.24) is 5.32 Å². The lowest BCUT2D eigenvalue weighted by Gasteiger charge is -2.36. The highest BCUT2D eigenvalue weighted by Crippen LogP contribution is 2.29. The first-order valence-corrected chi connectivity index (χ1v) is 7.35. The number of anilines is 1. The third kappa shape index (κ3) is 2.45. The Balaban J connectivity index is 2.00. The number of hydrogen-bond donors (Lipinski definition) is 1. The summed E-state index contributed by atoms with van der Waals surface area (Å²) < 4.78 is 0. The van der Waals surface area contributed by atoms with E-state index in [1.807, 2.05) is 0 Å². The van der Waals surface area contributed by atoms with Crippen LogP contribution >= 0.6 is 0 Å². The Morgan fingerprint density at radius 1 is 1.05 bits per heavy atom. The number of nitrogens with one attached hydrogen (secondary N) is 1. The zero-order chi connectivity index (χ0) is 13.1. The maximum absolute atomic E-state index is 3.46. The fraction of sp³-hybridized carbons (Fsp3) is 0.412. The third-order valence-corrected chi connectivity index (χ3v) is 4.17. The summed E-state index contributed by atoms with van der Waals surface area (Å²) in [5.41, 5.74) is 1.40. The molecule has 0 unspecified atom stereocenters. The number of fused-ring (bicyclic) bond motifs is 1. The molecule has 0 radical (unpaired) electrons. The predicted octanol–water partition coefficient (Wildman–Crippen LogP) is 3.42. The molecule has 0 bridgehead atoms. The average molecular weight is 254 g/mol. The van der Waals surface area contributed by atoms with Gasteiger partial charge in [0.25, 0.3) is 0 Å². The van der Waals surface area contributed by atoms with Gasteiger partial charge in [-0.3, -0.25) is 0 Å². The average Bonchev–Trinajstić information content (AvgIpc) is 2.49. The van der Waals surface area contributed by atoms with Crippen LogP contribution in [0.2, 0.25) is 0 Å². The Kier molecular flexibility index (Phi) is 3.69. The summed E-state index contributed by atoms with van der Waals surface area (Å²) >= 11 is 0. The molecule has 1 aliphatic heterocycles. The van der Waals surface area contributed by atoms with Crippen molar-refractivity contribution >= 4 is 16.5 Å². The van der Waals surface area contributed by atoms with Crippen LogP contribution in [0.1, 0.15) is 19.8 Å². The lowest BCUT2D eigenvalue weighted by Crippen LogP contribution is -2.43. The summed E-state index contributed by atoms with van der Waals surface area (Å²) in [6.45, 7) is 5.64. The molecule has 19 heavy (non-hydrogen) atoms. The summed E-state index contributed by atoms with van der Waals surface area (Å²) in [7, 11) is 0. The maximum Gasteiger partial charge on any atom is 0.0448 e. The Labute approximate surface area is 115 Å². The molecule has 1 heterocycles. The zero-order valence-corrected chi connectivity index (χ0v) is 11.6. The van der Waals surface area contributed by atoms with Crippen LogP contribution in [0.4, 0.5) is 5.69 Å². The van der Waals surface area contributed by atoms with Crippen molar-refractivity contribution in [3.05, 3.63) is 42.5 Å². The SMILES string of the molecule is CCN(c1cccc2ccccc12)C1CCNCC1. The molecule has 3 rings (SSSR count). The van der Waals surface area contributed by atoms with Gasteiger partial charge in [-0.1, -0.05) is 36.4 Å². The van der Waals surface area contributed by atoms with E-state index in [0.29, 0.717) is 6.04 Å². The van der Waals surface area contributed by atoms with Crippen LogP contribution in [0.5, 0.6) is 0 Å². The van der Waals surface area contributed by atoms with Crippen LogP contribution in [0, 0.1) is 0 Å². The normalized spacial score (nSPS) is 16.7. The van der Waals surface area contributed by atoms with E-state index < -0.39 is 0 Å². The van der Waals surface area contributed by atoms with E-state index in [4.69, 9.17) is 0 Å². The molecule has 0 amide bonds. The molecule has 0 aromatic heterocycles. The second kappa shape index (κ2) is 5.62. The summed E-state index contributed by atoms with van der Waals surface area (Å²) in [5, 5.41) is 6.18. The molecule has 0 saturated carbocycles. The molecule has 2 aromatic carbocycles. The van der Waals surface area contributed by atoms with Crippen molar-refractivity contribution in [1.29, 1.82) is 0 Å². The maximum atomic E-state index is 3.46. The van der Waals surface area contributed by atoms with E-state index in [-0.39, 0.29) is 0 Å². The molecule has 2 nitrogen and oxygen atoms in total. The molecule has 2 heteroatoms. The topological polar surface area (TPSA) is 15.3 Å². The first-order chi connectivity index (χ1) is 9.40. The van der Waals surface area contributed by atoms with E-state index in [9.17, 15) is 0 Å². The Morgan fingerprint density at radius 3 is 2.58 bits per heavy atom. The van der Waals surface area contributed by atoms with Crippen LogP contribution in [-0.2, 0) is 0 Å². The molecule has 0 spiro atoms. The van der Waals surface area contributed by atoms with E-state index in [1.165, 1.54) is 29.3 Å². The predicted molar refractivity (Wildman–Crippen MR) is 82.9 cm³/mol. The number of piperidine rings is 1. The first-order valence-electron chi connectivity index (χ1n) is 7.35. The molecule has 0 aliphatic carbocycles. The van der Waals surface area contributed by atoms with Crippen molar-refractivity contribution in [3.8, 4) is 0 Å². The molecule has 2 aromatic rings. The van der Waals surface area contributed by atoms with Gasteiger partial charge in [-0.25, -0.2) is 0 Å². The Bertz CT molecular complexity index is 538. The largest absolute Gasteiger partial charge is 0.368 e. The van der Waals surface area contributed by atoms with E-state index in [1.54, 1.807) is 0 Å². The summed E-state index contributed by atoms with van der Waals surface area (Å²) in [5.74, 6) is 0. The summed E-state index contributed by atoms with van der Waals surface area (Å²) in [6, 6.07) is 16.0. The van der Waals surface area contributed by atoms with Crippen molar-refractivity contribution < 1.29 is 0 Å². The minimum atomic E-state index is 0.678. The van der Waals surface area contributed by atoms with Gasteiger partial charge in [0.2, 0.25) is 0 Å². The van der Waals surface area contributed by atoms with Gasteiger partial charge in [0.05, 0.1) is 0 Å². The number of benzene rings is 2. The number of nitrogens with zero attached hydrogens (tertiary/aromatic N) is 1. The Morgan fingerprint density at radius 2 is 1.79 bits per heavy atom. The van der Waals surface area contributed by atoms with E-state index in [0.717, 1.165) is 19.6 Å². The molecule has 1 fully saturated rings. The number of hydrogen-bond acceptors (Lipinski definition) is 2. The smallest absolute Gasteiger partial charge is 0.0448 e. The molecular weight excluding hydrogens is 232 g/mol. The van der Waals surface area contributed by atoms with Crippen LogP contribution in [0.15, 0.2) is 42.5 Å². The van der Waals surface area contributed by atoms with Crippen molar-refractivity contribution in [2.45, 2.75) is 25.8 Å². The minimum absolute atomic E-state index is 0.678. The zero-order valence-electron chi connectivity index (χ0n) is 11.6. The molecule has 1 aliphatic rings. The lowest BCUT2D eigenvalue weighted by molar-refractivity contribution is 0.434. The second-order valence-corrected chi connectivity index (χ2v) is 5.27. The van der Waals surface area contributed by atoms with Crippen LogP contribution in [-0.4, -0.2) is 25.7 Å². The first kappa shape index (κ1) is 12.5. The van der Waals surface area contributed by atoms with E-state index in [2.05, 4.69) is 59.6 Å². The van der Waals surface area contributed by atoms with Crippen LogP contribution in [0.25, 0.3) is 10.8 Å². The van der Waals surface area contributed by atoms with Gasteiger partial charge in [-0.15, -0.1) is 0 Å². The van der Waals surface area contributed by atoms with E-state index >= 15 is 0 Å². The van der Waals surface area contributed by atoms with Crippen molar-refractivity contribution in [2.75, 3.05) is 24.5 Å². The van der Waals surface area contributed by atoms with Gasteiger partial charge in [0.1, 0.15) is 0 Å². The molecule has 1 saturated heterocycles. The monoisotopic (exact) mass is 254 g/mol. The van der Waals surface area contributed by atoms with Crippen LogP contribution < -0.4 is 10.2 Å². The third-order valence-electron chi connectivity index (χ3n) is 4.17. The van der Waals surface area contributed by atoms with Crippen molar-refractivity contribution in [2.24, 2.45) is 0 Å². The highest BCUT2D eigenvalue weighted by atomic mass is 15.2. The fourth-order valence-electron chi connectivity index (χ4n) is 3.20. The van der Waals surface area contributed by atoms with Crippen LogP contribution in [0.3, 0.4) is 0 Å². The lowest BCUT2D eigenvalue weighted by atomic mass is 10.0. The van der Waals surface area contributed by atoms with Gasteiger partial charge < -0.3 is 10.2 Å². The second-order valence-electron chi connectivity index (χ2n) is 5.27. The van der Waals surface area contributed by atoms with Gasteiger partial charge in [0, 0.05) is 23.7 Å². The highest BCUT2D eigenvalue weighted by Gasteiger charge is 2.21. The van der Waals surface area contributed by atoms with Crippen molar-refractivity contribution in [3.63, 3.8) is 0 Å². The van der Waals surface area contributed by atoms with Gasteiger partial charge in [-0.05, 0) is 44.3 Å². The molecular formula is C17H22N2. The summed E-state index contributed by atoms with van der Waals surface area (Å²) in [6.07, 6.45) is 2.49. The number of rotatable bonds is 3. The molecule has 100 valence electrons. The van der Waals surface area contributed by atoms with Gasteiger partial charge in [-0.2, -0.15) is 0 Å². The Hall–Kier alpha value is -1.54. The quantitative estimate of drug-likeness (QED) is 0.903. The molecule has 0 atom stereocenters. The van der Waals surface area contributed by atoms with Gasteiger partial charge >= 0.3 is 0 Å². The summed E-state index contributed by atoms with van der Waals surface area (Å²) in [4.78, 5) is 2.59.